The van der Waals surface area contributed by atoms with Gasteiger partial charge in [-0.15, -0.1) is 0 Å². The lowest BCUT2D eigenvalue weighted by Crippen LogP contribution is -1.92. The minimum Gasteiger partial charge on any atom is -0.398 e. The van der Waals surface area contributed by atoms with Gasteiger partial charge in [0.05, 0.1) is 22.9 Å². The highest BCUT2D eigenvalue weighted by Crippen LogP contribution is 2.12. The zero-order valence-electron chi connectivity index (χ0n) is 5.38. The first-order valence-electron chi connectivity index (χ1n) is 2.91. The summed E-state index contributed by atoms with van der Waals surface area (Å²) in [6.07, 6.45) is 0. The van der Waals surface area contributed by atoms with Crippen LogP contribution in [0.1, 0.15) is 5.56 Å². The average Bonchev–Trinajstić information content (AvgIpc) is 1.94. The van der Waals surface area contributed by atoms with Crippen molar-refractivity contribution in [2.45, 2.75) is 6.61 Å². The lowest BCUT2D eigenvalue weighted by atomic mass is 10.2. The number of halogens is 1. The van der Waals surface area contributed by atoms with Gasteiger partial charge in [0.1, 0.15) is 0 Å². The largest absolute Gasteiger partial charge is 0.398 e. The minimum absolute atomic E-state index is 0.507. The minimum atomic E-state index is 0.507. The van der Waals surface area contributed by atoms with Gasteiger partial charge in [-0.05, 0) is 6.07 Å². The third kappa shape index (κ3) is 1.72. The average molecular weight is 202 g/mol. The molecule has 2 nitrogen and oxygen atoms in total. The monoisotopic (exact) mass is 201 g/mol. The molecule has 0 unspecified atom stereocenters. The molecular weight excluding hydrogens is 194 g/mol. The number of nitrogens with two attached hydrogens (primary N) is 1. The van der Waals surface area contributed by atoms with Crippen LogP contribution in [0.15, 0.2) is 24.3 Å². The number of rotatable bonds is 2. The van der Waals surface area contributed by atoms with Crippen molar-refractivity contribution in [2.75, 3.05) is 5.73 Å². The molecule has 0 aliphatic rings. The SMILES string of the molecule is Nc1ccccc1COBr. The zero-order valence-corrected chi connectivity index (χ0v) is 6.97. The van der Waals surface area contributed by atoms with Crippen LogP contribution in [0.4, 0.5) is 5.69 Å². The standard InChI is InChI=1S/C7H8BrNO/c8-10-5-6-3-1-2-4-7(6)9/h1-4H,5,9H2. The number of hydrogen-bond donors (Lipinski definition) is 1. The van der Waals surface area contributed by atoms with Gasteiger partial charge in [0, 0.05) is 11.3 Å². The van der Waals surface area contributed by atoms with Crippen molar-refractivity contribution >= 4 is 21.9 Å². The Hall–Kier alpha value is -0.540. The smallest absolute Gasteiger partial charge is 0.0991 e. The molecule has 0 amide bonds. The van der Waals surface area contributed by atoms with E-state index in [2.05, 4.69) is 16.3 Å². The van der Waals surface area contributed by atoms with E-state index in [-0.39, 0.29) is 0 Å². The van der Waals surface area contributed by atoms with Crippen molar-refractivity contribution in [1.82, 2.24) is 0 Å². The van der Waals surface area contributed by atoms with Gasteiger partial charge in [-0.2, -0.15) is 0 Å². The highest BCUT2D eigenvalue weighted by Gasteiger charge is 1.94. The molecule has 0 heterocycles. The van der Waals surface area contributed by atoms with Gasteiger partial charge >= 0.3 is 0 Å². The second-order valence-electron chi connectivity index (χ2n) is 1.95. The summed E-state index contributed by atoms with van der Waals surface area (Å²) < 4.78 is 4.74. The second kappa shape index (κ2) is 3.58. The summed E-state index contributed by atoms with van der Waals surface area (Å²) in [4.78, 5) is 0. The number of anilines is 1. The van der Waals surface area contributed by atoms with E-state index in [4.69, 9.17) is 9.56 Å². The summed E-state index contributed by atoms with van der Waals surface area (Å²) in [6, 6.07) is 7.60. The number of nitrogen functional groups attached to an aromatic ring is 1. The summed E-state index contributed by atoms with van der Waals surface area (Å²) in [7, 11) is 0. The van der Waals surface area contributed by atoms with E-state index in [9.17, 15) is 0 Å². The van der Waals surface area contributed by atoms with Gasteiger partial charge in [0.25, 0.3) is 0 Å². The third-order valence-corrected chi connectivity index (χ3v) is 1.49. The normalized spacial score (nSPS) is 9.70. The molecule has 0 saturated carbocycles. The highest BCUT2D eigenvalue weighted by atomic mass is 79.9. The second-order valence-corrected chi connectivity index (χ2v) is 2.41. The number of para-hydroxylation sites is 1. The van der Waals surface area contributed by atoms with Crippen LogP contribution in [0.5, 0.6) is 0 Å². The van der Waals surface area contributed by atoms with E-state index >= 15 is 0 Å². The highest BCUT2D eigenvalue weighted by molar-refractivity contribution is 9.06. The first kappa shape index (κ1) is 7.57. The summed E-state index contributed by atoms with van der Waals surface area (Å²) in [5.74, 6) is 0. The zero-order chi connectivity index (χ0) is 7.40. The van der Waals surface area contributed by atoms with E-state index in [0.29, 0.717) is 6.61 Å². The first-order valence-corrected chi connectivity index (χ1v) is 3.56. The fourth-order valence-corrected chi connectivity index (χ4v) is 0.971. The maximum absolute atomic E-state index is 5.61. The van der Waals surface area contributed by atoms with E-state index in [1.54, 1.807) is 0 Å². The number of hydrogen-bond acceptors (Lipinski definition) is 2. The topological polar surface area (TPSA) is 35.2 Å². The molecule has 10 heavy (non-hydrogen) atoms. The maximum atomic E-state index is 5.61. The van der Waals surface area contributed by atoms with Crippen molar-refractivity contribution < 1.29 is 3.83 Å². The van der Waals surface area contributed by atoms with Gasteiger partial charge in [-0.3, -0.25) is 0 Å². The molecule has 3 heteroatoms. The van der Waals surface area contributed by atoms with E-state index < -0.39 is 0 Å². The van der Waals surface area contributed by atoms with Gasteiger partial charge in [0.2, 0.25) is 0 Å². The van der Waals surface area contributed by atoms with Crippen LogP contribution in [0.25, 0.3) is 0 Å². The summed E-state index contributed by atoms with van der Waals surface area (Å²) in [5, 5.41) is 0. The molecule has 0 aliphatic carbocycles. The van der Waals surface area contributed by atoms with Gasteiger partial charge < -0.3 is 9.56 Å². The van der Waals surface area contributed by atoms with E-state index in [1.807, 2.05) is 24.3 Å². The molecule has 0 aromatic heterocycles. The molecule has 0 fully saturated rings. The molecule has 0 radical (unpaired) electrons. The summed E-state index contributed by atoms with van der Waals surface area (Å²) in [5.41, 5.74) is 7.37. The van der Waals surface area contributed by atoms with Gasteiger partial charge in [-0.1, -0.05) is 18.2 Å². The molecule has 2 N–H and O–H groups in total. The van der Waals surface area contributed by atoms with Crippen molar-refractivity contribution in [3.05, 3.63) is 29.8 Å². The Bertz CT molecular complexity index is 215. The summed E-state index contributed by atoms with van der Waals surface area (Å²) in [6.45, 7) is 0.507. The number of benzene rings is 1. The van der Waals surface area contributed by atoms with Crippen molar-refractivity contribution in [3.8, 4) is 0 Å². The molecule has 54 valence electrons. The molecular formula is C7H8BrNO. The fraction of sp³-hybridized carbons (Fsp3) is 0.143. The molecule has 1 aromatic carbocycles. The Morgan fingerprint density at radius 3 is 2.70 bits per heavy atom. The van der Waals surface area contributed by atoms with Crippen LogP contribution in [-0.4, -0.2) is 0 Å². The van der Waals surface area contributed by atoms with Crippen LogP contribution in [0, 0.1) is 0 Å². The Balaban J connectivity index is 2.81. The third-order valence-electron chi connectivity index (χ3n) is 1.27. The van der Waals surface area contributed by atoms with Gasteiger partial charge in [-0.25, -0.2) is 0 Å². The Kier molecular flexibility index (Phi) is 2.71. The van der Waals surface area contributed by atoms with Crippen LogP contribution in [0.3, 0.4) is 0 Å². The van der Waals surface area contributed by atoms with Gasteiger partial charge in [0.15, 0.2) is 0 Å². The van der Waals surface area contributed by atoms with Crippen molar-refractivity contribution in [2.24, 2.45) is 0 Å². The molecule has 0 bridgehead atoms. The first-order chi connectivity index (χ1) is 4.84. The molecule has 0 aliphatic heterocycles. The quantitative estimate of drug-likeness (QED) is 0.745. The molecule has 1 aromatic rings. The molecule has 0 spiro atoms. The van der Waals surface area contributed by atoms with Crippen molar-refractivity contribution in [1.29, 1.82) is 0 Å². The predicted molar refractivity (Wildman–Crippen MR) is 44.6 cm³/mol. The molecule has 0 atom stereocenters. The van der Waals surface area contributed by atoms with E-state index in [1.165, 1.54) is 0 Å². The molecule has 1 rings (SSSR count). The van der Waals surface area contributed by atoms with Crippen LogP contribution >= 0.6 is 16.3 Å². The molecule has 0 saturated heterocycles. The summed E-state index contributed by atoms with van der Waals surface area (Å²) >= 11 is 2.86. The lowest BCUT2D eigenvalue weighted by Gasteiger charge is -2.00. The van der Waals surface area contributed by atoms with Crippen LogP contribution in [0.2, 0.25) is 0 Å². The fourth-order valence-electron chi connectivity index (χ4n) is 0.724. The van der Waals surface area contributed by atoms with Crippen molar-refractivity contribution in [3.63, 3.8) is 0 Å². The predicted octanol–water partition coefficient (Wildman–Crippen LogP) is 2.10. The Labute approximate surface area is 68.4 Å². The Morgan fingerprint density at radius 2 is 2.10 bits per heavy atom. The van der Waals surface area contributed by atoms with Crippen LogP contribution in [-0.2, 0) is 10.4 Å². The van der Waals surface area contributed by atoms with E-state index in [0.717, 1.165) is 11.3 Å². The Morgan fingerprint density at radius 1 is 1.40 bits per heavy atom. The lowest BCUT2D eigenvalue weighted by molar-refractivity contribution is 0.388. The maximum Gasteiger partial charge on any atom is 0.0991 e. The van der Waals surface area contributed by atoms with Crippen LogP contribution < -0.4 is 5.73 Å².